The lowest BCUT2D eigenvalue weighted by Gasteiger charge is -2.24. The van der Waals surface area contributed by atoms with E-state index in [1.165, 1.54) is 11.1 Å². The second-order valence-corrected chi connectivity index (χ2v) is 6.62. The first-order valence-corrected chi connectivity index (χ1v) is 9.40. The van der Waals surface area contributed by atoms with Gasteiger partial charge in [0.1, 0.15) is 11.5 Å². The SMILES string of the molecule is CCCC(NC(C)c1ccccc1)c1ccc(Oc2ccccc2)cc1. The molecule has 134 valence electrons. The minimum Gasteiger partial charge on any atom is -0.457 e. The molecule has 2 atom stereocenters. The predicted octanol–water partition coefficient (Wildman–Crippen LogP) is 6.67. The number of para-hydroxylation sites is 1. The quantitative estimate of drug-likeness (QED) is 0.492. The van der Waals surface area contributed by atoms with Gasteiger partial charge in [-0.15, -0.1) is 0 Å². The molecule has 0 aliphatic heterocycles. The maximum absolute atomic E-state index is 5.90. The minimum absolute atomic E-state index is 0.313. The van der Waals surface area contributed by atoms with Crippen molar-refractivity contribution in [3.05, 3.63) is 96.1 Å². The molecule has 0 radical (unpaired) electrons. The van der Waals surface area contributed by atoms with Crippen LogP contribution in [0.1, 0.15) is 49.9 Å². The van der Waals surface area contributed by atoms with Gasteiger partial charge in [0, 0.05) is 12.1 Å². The van der Waals surface area contributed by atoms with Gasteiger partial charge in [0.15, 0.2) is 0 Å². The van der Waals surface area contributed by atoms with E-state index < -0.39 is 0 Å². The third-order valence-corrected chi connectivity index (χ3v) is 4.59. The predicted molar refractivity (Wildman–Crippen MR) is 109 cm³/mol. The van der Waals surface area contributed by atoms with Crippen LogP contribution in [0.5, 0.6) is 11.5 Å². The van der Waals surface area contributed by atoms with Crippen LogP contribution in [0.2, 0.25) is 0 Å². The maximum atomic E-state index is 5.90. The van der Waals surface area contributed by atoms with E-state index in [1.807, 2.05) is 30.3 Å². The fourth-order valence-corrected chi connectivity index (χ4v) is 3.17. The molecule has 0 heterocycles. The Bertz CT molecular complexity index is 768. The van der Waals surface area contributed by atoms with Crippen molar-refractivity contribution in [2.24, 2.45) is 0 Å². The van der Waals surface area contributed by atoms with Crippen molar-refractivity contribution in [2.75, 3.05) is 0 Å². The molecule has 1 N–H and O–H groups in total. The van der Waals surface area contributed by atoms with Gasteiger partial charge >= 0.3 is 0 Å². The topological polar surface area (TPSA) is 21.3 Å². The van der Waals surface area contributed by atoms with Gasteiger partial charge in [-0.2, -0.15) is 0 Å². The Morgan fingerprint density at radius 1 is 0.731 bits per heavy atom. The van der Waals surface area contributed by atoms with Crippen LogP contribution in [-0.2, 0) is 0 Å². The first-order valence-electron chi connectivity index (χ1n) is 9.40. The van der Waals surface area contributed by atoms with Gasteiger partial charge in [0.05, 0.1) is 0 Å². The molecular formula is C24H27NO. The Morgan fingerprint density at radius 2 is 1.31 bits per heavy atom. The van der Waals surface area contributed by atoms with E-state index in [2.05, 4.69) is 73.8 Å². The number of hydrogen-bond acceptors (Lipinski definition) is 2. The molecule has 0 spiro atoms. The Kier molecular flexibility index (Phi) is 6.45. The molecule has 3 rings (SSSR count). The van der Waals surface area contributed by atoms with Crippen LogP contribution < -0.4 is 10.1 Å². The first kappa shape index (κ1) is 18.2. The number of rotatable bonds is 8. The summed E-state index contributed by atoms with van der Waals surface area (Å²) in [6.07, 6.45) is 2.25. The van der Waals surface area contributed by atoms with E-state index in [1.54, 1.807) is 0 Å². The van der Waals surface area contributed by atoms with Gasteiger partial charge in [0.25, 0.3) is 0 Å². The average molecular weight is 345 g/mol. The summed E-state index contributed by atoms with van der Waals surface area (Å²) in [5.74, 6) is 1.73. The van der Waals surface area contributed by atoms with E-state index >= 15 is 0 Å². The van der Waals surface area contributed by atoms with Crippen molar-refractivity contribution < 1.29 is 4.74 Å². The molecule has 0 aliphatic rings. The summed E-state index contributed by atoms with van der Waals surface area (Å²) in [6.45, 7) is 4.46. The summed E-state index contributed by atoms with van der Waals surface area (Å²) in [7, 11) is 0. The molecule has 3 aromatic rings. The average Bonchev–Trinajstić information content (AvgIpc) is 2.70. The molecule has 0 bridgehead atoms. The summed E-state index contributed by atoms with van der Waals surface area (Å²) >= 11 is 0. The lowest BCUT2D eigenvalue weighted by atomic mass is 9.99. The highest BCUT2D eigenvalue weighted by molar-refractivity contribution is 5.34. The minimum atomic E-state index is 0.313. The third-order valence-electron chi connectivity index (χ3n) is 4.59. The van der Waals surface area contributed by atoms with Crippen molar-refractivity contribution in [3.8, 4) is 11.5 Å². The zero-order valence-electron chi connectivity index (χ0n) is 15.6. The summed E-state index contributed by atoms with van der Waals surface area (Å²) in [5.41, 5.74) is 2.62. The Hall–Kier alpha value is -2.58. The summed E-state index contributed by atoms with van der Waals surface area (Å²) in [4.78, 5) is 0. The second-order valence-electron chi connectivity index (χ2n) is 6.62. The van der Waals surface area contributed by atoms with Gasteiger partial charge in [-0.3, -0.25) is 0 Å². The fourth-order valence-electron chi connectivity index (χ4n) is 3.17. The Labute approximate surface area is 156 Å². The zero-order chi connectivity index (χ0) is 18.2. The Balaban J connectivity index is 1.69. The molecule has 2 unspecified atom stereocenters. The lowest BCUT2D eigenvalue weighted by Crippen LogP contribution is -2.24. The Morgan fingerprint density at radius 3 is 1.92 bits per heavy atom. The largest absolute Gasteiger partial charge is 0.457 e. The van der Waals surface area contributed by atoms with Crippen molar-refractivity contribution in [3.63, 3.8) is 0 Å². The molecule has 0 saturated carbocycles. The highest BCUT2D eigenvalue weighted by Gasteiger charge is 2.15. The number of benzene rings is 3. The molecule has 0 aromatic heterocycles. The molecule has 2 heteroatoms. The van der Waals surface area contributed by atoms with Gasteiger partial charge < -0.3 is 10.1 Å². The summed E-state index contributed by atoms with van der Waals surface area (Å²) in [5, 5.41) is 3.78. The van der Waals surface area contributed by atoms with Gasteiger partial charge in [-0.05, 0) is 48.7 Å². The monoisotopic (exact) mass is 345 g/mol. The van der Waals surface area contributed by atoms with E-state index in [-0.39, 0.29) is 0 Å². The van der Waals surface area contributed by atoms with Crippen LogP contribution in [0.3, 0.4) is 0 Å². The van der Waals surface area contributed by atoms with Crippen LogP contribution in [0, 0.1) is 0 Å². The van der Waals surface area contributed by atoms with Crippen LogP contribution >= 0.6 is 0 Å². The standard InChI is InChI=1S/C24H27NO/c1-3-10-24(25-19(2)20-11-6-4-7-12-20)21-15-17-23(18-16-21)26-22-13-8-5-9-14-22/h4-9,11-19,24-25H,3,10H2,1-2H3. The van der Waals surface area contributed by atoms with Gasteiger partial charge in [-0.25, -0.2) is 0 Å². The van der Waals surface area contributed by atoms with Crippen molar-refractivity contribution in [1.82, 2.24) is 5.32 Å². The second kappa shape index (κ2) is 9.21. The lowest BCUT2D eigenvalue weighted by molar-refractivity contribution is 0.438. The van der Waals surface area contributed by atoms with Crippen molar-refractivity contribution in [2.45, 2.75) is 38.8 Å². The number of nitrogens with one attached hydrogen (secondary N) is 1. The fraction of sp³-hybridized carbons (Fsp3) is 0.250. The number of hydrogen-bond donors (Lipinski definition) is 1. The molecule has 3 aromatic carbocycles. The van der Waals surface area contributed by atoms with Gasteiger partial charge in [0.2, 0.25) is 0 Å². The maximum Gasteiger partial charge on any atom is 0.127 e. The number of ether oxygens (including phenoxy) is 1. The molecular weight excluding hydrogens is 318 g/mol. The van der Waals surface area contributed by atoms with E-state index in [0.717, 1.165) is 24.3 Å². The van der Waals surface area contributed by atoms with E-state index in [9.17, 15) is 0 Å². The van der Waals surface area contributed by atoms with Crippen molar-refractivity contribution >= 4 is 0 Å². The first-order chi connectivity index (χ1) is 12.8. The molecule has 0 saturated heterocycles. The molecule has 0 aliphatic carbocycles. The molecule has 0 amide bonds. The van der Waals surface area contributed by atoms with Crippen LogP contribution in [0.15, 0.2) is 84.9 Å². The third kappa shape index (κ3) is 4.96. The summed E-state index contributed by atoms with van der Waals surface area (Å²) < 4.78 is 5.90. The highest BCUT2D eigenvalue weighted by Crippen LogP contribution is 2.27. The zero-order valence-corrected chi connectivity index (χ0v) is 15.6. The van der Waals surface area contributed by atoms with Crippen LogP contribution in [-0.4, -0.2) is 0 Å². The molecule has 2 nitrogen and oxygen atoms in total. The van der Waals surface area contributed by atoms with Crippen molar-refractivity contribution in [1.29, 1.82) is 0 Å². The van der Waals surface area contributed by atoms with Crippen LogP contribution in [0.25, 0.3) is 0 Å². The van der Waals surface area contributed by atoms with E-state index in [4.69, 9.17) is 4.74 Å². The highest BCUT2D eigenvalue weighted by atomic mass is 16.5. The smallest absolute Gasteiger partial charge is 0.127 e. The van der Waals surface area contributed by atoms with Gasteiger partial charge in [-0.1, -0.05) is 74.0 Å². The van der Waals surface area contributed by atoms with E-state index in [0.29, 0.717) is 12.1 Å². The molecule has 0 fully saturated rings. The summed E-state index contributed by atoms with van der Waals surface area (Å²) in [6, 6.07) is 29.6. The molecule has 26 heavy (non-hydrogen) atoms. The normalized spacial score (nSPS) is 13.2. The van der Waals surface area contributed by atoms with Crippen LogP contribution in [0.4, 0.5) is 0 Å².